The minimum Gasteiger partial charge on any atom is -0.428 e. The van der Waals surface area contributed by atoms with Crippen LogP contribution in [0, 0.1) is 33.1 Å². The van der Waals surface area contributed by atoms with Gasteiger partial charge in [0.15, 0.2) is 0 Å². The summed E-state index contributed by atoms with van der Waals surface area (Å²) in [5, 5.41) is -0.251. The minimum absolute atomic E-state index is 0.119. The van der Waals surface area contributed by atoms with Crippen LogP contribution >= 0.6 is 23.5 Å². The number of hydrogen-bond acceptors (Lipinski definition) is 9. The van der Waals surface area contributed by atoms with Gasteiger partial charge in [0.25, 0.3) is 0 Å². The van der Waals surface area contributed by atoms with Crippen molar-refractivity contribution >= 4 is 45.9 Å². The maximum absolute atomic E-state index is 13.4. The van der Waals surface area contributed by atoms with Crippen molar-refractivity contribution in [3.63, 3.8) is 0 Å². The first-order valence-electron chi connectivity index (χ1n) is 18.0. The molecular formula is C44H58O7S2. The lowest BCUT2D eigenvalue weighted by Crippen LogP contribution is -2.27. The molecule has 3 aromatic carbocycles. The zero-order chi connectivity index (χ0) is 40.4. The smallest absolute Gasteiger partial charge is 0.428 e. The Balaban J connectivity index is 1.78. The molecule has 0 atom stereocenters. The van der Waals surface area contributed by atoms with Gasteiger partial charge in [0.2, 0.25) is 10.2 Å². The summed E-state index contributed by atoms with van der Waals surface area (Å²) in [4.78, 5) is 52.3. The first kappa shape index (κ1) is 43.8. The van der Waals surface area contributed by atoms with Crippen LogP contribution in [0.2, 0.25) is 0 Å². The van der Waals surface area contributed by atoms with Crippen molar-refractivity contribution in [1.29, 1.82) is 0 Å². The number of thioether (sulfide) groups is 2. The van der Waals surface area contributed by atoms with Gasteiger partial charge >= 0.3 is 12.1 Å². The highest BCUT2D eigenvalue weighted by Gasteiger charge is 2.31. The van der Waals surface area contributed by atoms with E-state index in [1.807, 2.05) is 54.5 Å². The molecule has 0 saturated carbocycles. The molecule has 0 aliphatic carbocycles. The monoisotopic (exact) mass is 762 g/mol. The second-order valence-electron chi connectivity index (χ2n) is 17.8. The number of carbonyl (C=O) groups is 4. The topological polar surface area (TPSA) is 96.0 Å². The van der Waals surface area contributed by atoms with E-state index in [0.29, 0.717) is 34.1 Å². The summed E-state index contributed by atoms with van der Waals surface area (Å²) in [7, 11) is 0. The number of aryl methyl sites for hydroxylation is 2. The van der Waals surface area contributed by atoms with Gasteiger partial charge in [-0.25, -0.2) is 4.79 Å². The number of benzene rings is 3. The highest BCUT2D eigenvalue weighted by molar-refractivity contribution is 8.13. The van der Waals surface area contributed by atoms with Crippen LogP contribution in [0.15, 0.2) is 36.4 Å². The van der Waals surface area contributed by atoms with E-state index in [-0.39, 0.29) is 27.0 Å². The summed E-state index contributed by atoms with van der Waals surface area (Å²) >= 11 is 2.34. The average Bonchev–Trinajstić information content (AvgIpc) is 3.00. The average molecular weight is 763 g/mol. The predicted octanol–water partition coefficient (Wildman–Crippen LogP) is 11.9. The standard InChI is InChI=1S/C44H58O7S2/c1-25-21-33(41(5,6)7)35(49-39(47)43(11,12)13)27(3)31(25)23-52-37(45)29-17-19-30(20-18-29)38(46)53-24-32-26(2)22-34(42(8,9)10)36(28(32)4)50-40(48)51-44(14,15)16/h17-22H,23-24H2,1-16H3. The molecule has 7 nitrogen and oxygen atoms in total. The Bertz CT molecular complexity index is 1880. The van der Waals surface area contributed by atoms with Crippen LogP contribution in [-0.4, -0.2) is 28.0 Å². The minimum atomic E-state index is -0.771. The second kappa shape index (κ2) is 16.4. The van der Waals surface area contributed by atoms with Gasteiger partial charge in [-0.2, -0.15) is 0 Å². The number of esters is 1. The summed E-state index contributed by atoms with van der Waals surface area (Å²) in [5.74, 6) is 1.50. The summed E-state index contributed by atoms with van der Waals surface area (Å²) in [5.41, 5.74) is 6.43. The highest BCUT2D eigenvalue weighted by atomic mass is 32.2. The van der Waals surface area contributed by atoms with Gasteiger partial charge in [0.1, 0.15) is 17.1 Å². The van der Waals surface area contributed by atoms with Crippen LogP contribution in [0.25, 0.3) is 0 Å². The molecule has 53 heavy (non-hydrogen) atoms. The molecule has 0 aliphatic rings. The van der Waals surface area contributed by atoms with Crippen molar-refractivity contribution in [2.24, 2.45) is 5.41 Å². The van der Waals surface area contributed by atoms with Crippen molar-refractivity contribution in [3.05, 3.63) is 92.0 Å². The lowest BCUT2D eigenvalue weighted by atomic mass is 9.82. The Morgan fingerprint density at radius 2 is 0.925 bits per heavy atom. The highest BCUT2D eigenvalue weighted by Crippen LogP contribution is 2.41. The lowest BCUT2D eigenvalue weighted by molar-refractivity contribution is -0.143. The number of ether oxygens (including phenoxy) is 3. The van der Waals surface area contributed by atoms with Crippen LogP contribution in [0.1, 0.15) is 148 Å². The van der Waals surface area contributed by atoms with Crippen molar-refractivity contribution in [2.75, 3.05) is 0 Å². The molecule has 3 aromatic rings. The van der Waals surface area contributed by atoms with Crippen LogP contribution in [0.5, 0.6) is 11.5 Å². The molecule has 3 rings (SSSR count). The van der Waals surface area contributed by atoms with Crippen molar-refractivity contribution in [3.8, 4) is 11.5 Å². The van der Waals surface area contributed by atoms with E-state index in [4.69, 9.17) is 14.2 Å². The number of hydrogen-bond donors (Lipinski definition) is 0. The molecule has 0 bridgehead atoms. The van der Waals surface area contributed by atoms with E-state index < -0.39 is 17.2 Å². The molecule has 0 fully saturated rings. The molecule has 0 saturated heterocycles. The third-order valence-corrected chi connectivity index (χ3v) is 10.7. The van der Waals surface area contributed by atoms with Gasteiger partial charge in [0, 0.05) is 33.8 Å². The van der Waals surface area contributed by atoms with Gasteiger partial charge in [0.05, 0.1) is 5.41 Å². The zero-order valence-corrected chi connectivity index (χ0v) is 36.2. The second-order valence-corrected chi connectivity index (χ2v) is 19.7. The Labute approximate surface area is 325 Å². The van der Waals surface area contributed by atoms with E-state index in [1.54, 1.807) is 45.0 Å². The normalized spacial score (nSPS) is 12.4. The molecule has 0 amide bonds. The molecule has 0 aliphatic heterocycles. The van der Waals surface area contributed by atoms with Crippen LogP contribution in [-0.2, 0) is 31.9 Å². The van der Waals surface area contributed by atoms with Crippen molar-refractivity contribution < 1.29 is 33.4 Å². The van der Waals surface area contributed by atoms with Crippen LogP contribution < -0.4 is 9.47 Å². The van der Waals surface area contributed by atoms with E-state index in [9.17, 15) is 19.2 Å². The molecule has 0 aromatic heterocycles. The first-order chi connectivity index (χ1) is 24.1. The van der Waals surface area contributed by atoms with Gasteiger partial charge < -0.3 is 14.2 Å². The summed E-state index contributed by atoms with van der Waals surface area (Å²) in [6.07, 6.45) is -0.771. The molecule has 0 spiro atoms. The van der Waals surface area contributed by atoms with Crippen molar-refractivity contribution in [2.45, 2.75) is 139 Å². The molecule has 0 N–H and O–H groups in total. The summed E-state index contributed by atoms with van der Waals surface area (Å²) in [6, 6.07) is 10.8. The fraction of sp³-hybridized carbons (Fsp3) is 0.500. The van der Waals surface area contributed by atoms with Gasteiger partial charge in [-0.05, 0) is 138 Å². The fourth-order valence-electron chi connectivity index (χ4n) is 5.61. The third-order valence-electron chi connectivity index (χ3n) is 8.80. The Morgan fingerprint density at radius 1 is 0.566 bits per heavy atom. The fourth-order valence-corrected chi connectivity index (χ4v) is 7.66. The molecule has 0 unspecified atom stereocenters. The quantitative estimate of drug-likeness (QED) is 0.126. The Morgan fingerprint density at radius 3 is 1.25 bits per heavy atom. The molecule has 288 valence electrons. The maximum atomic E-state index is 13.4. The number of rotatable bonds is 8. The van der Waals surface area contributed by atoms with E-state index in [1.165, 1.54) is 11.8 Å². The lowest BCUT2D eigenvalue weighted by Gasteiger charge is -2.28. The largest absolute Gasteiger partial charge is 0.514 e. The Kier molecular flexibility index (Phi) is 13.6. The van der Waals surface area contributed by atoms with Gasteiger partial charge in [-0.15, -0.1) is 0 Å². The predicted molar refractivity (Wildman–Crippen MR) is 219 cm³/mol. The molecular weight excluding hydrogens is 705 g/mol. The molecule has 0 radical (unpaired) electrons. The van der Waals surface area contributed by atoms with E-state index >= 15 is 0 Å². The zero-order valence-electron chi connectivity index (χ0n) is 34.6. The molecule has 0 heterocycles. The number of carbonyl (C=O) groups excluding carboxylic acids is 4. The van der Waals surface area contributed by atoms with E-state index in [0.717, 1.165) is 56.3 Å². The van der Waals surface area contributed by atoms with Gasteiger partial charge in [-0.3, -0.25) is 14.4 Å². The SMILES string of the molecule is Cc1cc(C(C)(C)C)c(OC(=O)OC(C)(C)C)c(C)c1CSC(=O)c1ccc(C(=O)SCc2c(C)cc(C(C)(C)C)c(OC(=O)C(C)(C)C)c2C)cc1. The van der Waals surface area contributed by atoms with Gasteiger partial charge in [-0.1, -0.05) is 77.2 Å². The molecule has 9 heteroatoms. The van der Waals surface area contributed by atoms with Crippen molar-refractivity contribution in [1.82, 2.24) is 0 Å². The van der Waals surface area contributed by atoms with E-state index in [2.05, 4.69) is 47.6 Å². The summed E-state index contributed by atoms with van der Waals surface area (Å²) in [6.45, 7) is 31.2. The first-order valence-corrected chi connectivity index (χ1v) is 19.9. The van der Waals surface area contributed by atoms with Crippen LogP contribution in [0.4, 0.5) is 4.79 Å². The maximum Gasteiger partial charge on any atom is 0.514 e. The third kappa shape index (κ3) is 11.5. The van der Waals surface area contributed by atoms with Crippen LogP contribution in [0.3, 0.4) is 0 Å². The summed E-state index contributed by atoms with van der Waals surface area (Å²) < 4.78 is 17.3. The Hall–Kier alpha value is -3.56.